The van der Waals surface area contributed by atoms with E-state index in [0.717, 1.165) is 11.8 Å². The Morgan fingerprint density at radius 2 is 2.24 bits per heavy atom. The number of carbonyl (C=O) groups is 2. The molecule has 134 valence electrons. The van der Waals surface area contributed by atoms with E-state index in [1.807, 2.05) is 5.40 Å². The number of hydrogen-bond donors (Lipinski definition) is 2. The molecule has 1 aromatic carbocycles. The number of carbonyl (C=O) groups excluding carboxylic acids is 2. The van der Waals surface area contributed by atoms with Gasteiger partial charge >= 0.3 is 0 Å². The minimum absolute atomic E-state index is 0.00460. The second-order valence-corrected chi connectivity index (χ2v) is 6.49. The number of Topliss-reactive ketones (excluding diaryl/α,β-unsaturated/α-hetero) is 1. The molecule has 3 N–H and O–H groups in total. The molecule has 1 amide bonds. The zero-order chi connectivity index (χ0) is 19.0. The van der Waals surface area contributed by atoms with Crippen LogP contribution in [0.5, 0.6) is 0 Å². The number of oxime groups is 1. The molecule has 0 aliphatic heterocycles. The first kappa shape index (κ1) is 20.8. The molecule has 0 bridgehead atoms. The van der Waals surface area contributed by atoms with E-state index in [2.05, 4.69) is 15.3 Å². The standard InChI is InChI=1S/C16H19ClN4O3S/c1-4-16(2,13(22)8-25-9-18)21-15(23)10-5-11(7-20-24-3)14(19)12(17)6-10/h5-7H,4,8,19H2,1-3H3,(H,21,23)/b20-7+. The third-order valence-electron chi connectivity index (χ3n) is 3.70. The second-order valence-electron chi connectivity index (χ2n) is 5.32. The van der Waals surface area contributed by atoms with E-state index in [4.69, 9.17) is 22.6 Å². The number of rotatable bonds is 8. The molecule has 0 saturated heterocycles. The molecule has 9 heteroatoms. The van der Waals surface area contributed by atoms with Crippen LogP contribution in [0.3, 0.4) is 0 Å². The summed E-state index contributed by atoms with van der Waals surface area (Å²) in [5.41, 5.74) is 5.68. The van der Waals surface area contributed by atoms with Crippen molar-refractivity contribution in [3.63, 3.8) is 0 Å². The van der Waals surface area contributed by atoms with Crippen LogP contribution in [-0.4, -0.2) is 36.3 Å². The first-order chi connectivity index (χ1) is 11.8. The van der Waals surface area contributed by atoms with Gasteiger partial charge in [-0.25, -0.2) is 0 Å². The molecule has 0 spiro atoms. The van der Waals surface area contributed by atoms with Crippen LogP contribution in [0.15, 0.2) is 17.3 Å². The Morgan fingerprint density at radius 3 is 2.80 bits per heavy atom. The Labute approximate surface area is 155 Å². The average molecular weight is 383 g/mol. The zero-order valence-electron chi connectivity index (χ0n) is 14.1. The number of amides is 1. The van der Waals surface area contributed by atoms with E-state index in [1.54, 1.807) is 13.8 Å². The number of thioether (sulfide) groups is 1. The van der Waals surface area contributed by atoms with Crippen LogP contribution in [-0.2, 0) is 9.63 Å². The van der Waals surface area contributed by atoms with Crippen molar-refractivity contribution in [1.82, 2.24) is 5.32 Å². The highest BCUT2D eigenvalue weighted by atomic mass is 35.5. The lowest BCUT2D eigenvalue weighted by atomic mass is 9.93. The first-order valence-corrected chi connectivity index (χ1v) is 8.67. The molecule has 0 saturated carbocycles. The second kappa shape index (κ2) is 9.30. The fraction of sp³-hybridized carbons (Fsp3) is 0.375. The first-order valence-electron chi connectivity index (χ1n) is 7.31. The van der Waals surface area contributed by atoms with Gasteiger partial charge in [0, 0.05) is 11.1 Å². The summed E-state index contributed by atoms with van der Waals surface area (Å²) >= 11 is 6.90. The quantitative estimate of drug-likeness (QED) is 0.309. The summed E-state index contributed by atoms with van der Waals surface area (Å²) in [5, 5.41) is 17.0. The van der Waals surface area contributed by atoms with Gasteiger partial charge in [0.05, 0.1) is 28.2 Å². The maximum Gasteiger partial charge on any atom is 0.252 e. The van der Waals surface area contributed by atoms with Crippen molar-refractivity contribution in [2.24, 2.45) is 5.16 Å². The van der Waals surface area contributed by atoms with Crippen molar-refractivity contribution >= 4 is 47.0 Å². The number of benzene rings is 1. The number of nitrogen functional groups attached to an aromatic ring is 1. The van der Waals surface area contributed by atoms with Gasteiger partial charge in [0.25, 0.3) is 5.91 Å². The summed E-state index contributed by atoms with van der Waals surface area (Å²) in [6.07, 6.45) is 1.72. The van der Waals surface area contributed by atoms with Crippen molar-refractivity contribution in [1.29, 1.82) is 5.26 Å². The van der Waals surface area contributed by atoms with Crippen molar-refractivity contribution in [3.05, 3.63) is 28.3 Å². The number of nitrogens with zero attached hydrogens (tertiary/aromatic N) is 2. The summed E-state index contributed by atoms with van der Waals surface area (Å²) in [6.45, 7) is 3.40. The molecule has 1 aromatic rings. The summed E-state index contributed by atoms with van der Waals surface area (Å²) < 4.78 is 0. The highest BCUT2D eigenvalue weighted by Crippen LogP contribution is 2.25. The van der Waals surface area contributed by atoms with E-state index in [0.29, 0.717) is 12.0 Å². The topological polar surface area (TPSA) is 118 Å². The number of nitrogens with two attached hydrogens (primary N) is 1. The number of anilines is 1. The van der Waals surface area contributed by atoms with E-state index in [9.17, 15) is 9.59 Å². The molecular weight excluding hydrogens is 364 g/mol. The predicted octanol–water partition coefficient (Wildman–Crippen LogP) is 2.58. The van der Waals surface area contributed by atoms with Gasteiger partial charge in [0.1, 0.15) is 12.5 Å². The molecule has 7 nitrogen and oxygen atoms in total. The third-order valence-corrected chi connectivity index (χ3v) is 4.55. The van der Waals surface area contributed by atoms with Crippen LogP contribution in [0.2, 0.25) is 5.02 Å². The van der Waals surface area contributed by atoms with Crippen LogP contribution < -0.4 is 11.1 Å². The summed E-state index contributed by atoms with van der Waals surface area (Å²) in [7, 11) is 1.38. The molecule has 0 radical (unpaired) electrons. The number of hydrogen-bond acceptors (Lipinski definition) is 7. The molecule has 1 unspecified atom stereocenters. The number of thiocyanates is 1. The fourth-order valence-electron chi connectivity index (χ4n) is 1.92. The minimum atomic E-state index is -1.09. The minimum Gasteiger partial charge on any atom is -0.399 e. The van der Waals surface area contributed by atoms with Crippen LogP contribution in [0.25, 0.3) is 0 Å². The Balaban J connectivity index is 3.10. The number of ketones is 1. The maximum atomic E-state index is 12.6. The molecule has 1 atom stereocenters. The average Bonchev–Trinajstić information content (AvgIpc) is 2.60. The summed E-state index contributed by atoms with van der Waals surface area (Å²) in [5.74, 6) is -0.721. The van der Waals surface area contributed by atoms with Crippen molar-refractivity contribution in [3.8, 4) is 5.40 Å². The van der Waals surface area contributed by atoms with Crippen molar-refractivity contribution in [2.45, 2.75) is 25.8 Å². The van der Waals surface area contributed by atoms with Crippen LogP contribution >= 0.6 is 23.4 Å². The van der Waals surface area contributed by atoms with Gasteiger partial charge in [-0.1, -0.05) is 23.7 Å². The molecule has 0 aromatic heterocycles. The Hall–Kier alpha value is -2.24. The van der Waals surface area contributed by atoms with Crippen LogP contribution in [0, 0.1) is 10.7 Å². The third kappa shape index (κ3) is 5.37. The number of nitrogens with one attached hydrogen (secondary N) is 1. The van der Waals surface area contributed by atoms with E-state index >= 15 is 0 Å². The number of nitriles is 1. The monoisotopic (exact) mass is 382 g/mol. The lowest BCUT2D eigenvalue weighted by Gasteiger charge is -2.28. The highest BCUT2D eigenvalue weighted by molar-refractivity contribution is 8.04. The predicted molar refractivity (Wildman–Crippen MR) is 99.7 cm³/mol. The van der Waals surface area contributed by atoms with Gasteiger partial charge < -0.3 is 15.9 Å². The molecule has 0 aliphatic rings. The van der Waals surface area contributed by atoms with Gasteiger partial charge in [-0.15, -0.1) is 0 Å². The molecule has 1 rings (SSSR count). The van der Waals surface area contributed by atoms with Gasteiger partial charge in [-0.2, -0.15) is 5.26 Å². The van der Waals surface area contributed by atoms with E-state index in [-0.39, 0.29) is 27.8 Å². The molecule has 25 heavy (non-hydrogen) atoms. The Bertz CT molecular complexity index is 733. The molecule has 0 heterocycles. The zero-order valence-corrected chi connectivity index (χ0v) is 15.7. The van der Waals surface area contributed by atoms with Gasteiger partial charge in [0.15, 0.2) is 5.78 Å². The van der Waals surface area contributed by atoms with E-state index < -0.39 is 11.4 Å². The lowest BCUT2D eigenvalue weighted by Crippen LogP contribution is -2.52. The number of halogens is 1. The van der Waals surface area contributed by atoms with Crippen molar-refractivity contribution < 1.29 is 14.4 Å². The molecule has 0 aliphatic carbocycles. The molecular formula is C16H19ClN4O3S. The summed E-state index contributed by atoms with van der Waals surface area (Å²) in [6, 6.07) is 2.92. The largest absolute Gasteiger partial charge is 0.399 e. The molecule has 0 fully saturated rings. The Kier molecular flexibility index (Phi) is 7.74. The lowest BCUT2D eigenvalue weighted by molar-refractivity contribution is -0.122. The fourth-order valence-corrected chi connectivity index (χ4v) is 2.66. The highest BCUT2D eigenvalue weighted by Gasteiger charge is 2.33. The van der Waals surface area contributed by atoms with Crippen LogP contribution in [0.1, 0.15) is 36.2 Å². The van der Waals surface area contributed by atoms with Gasteiger partial charge in [-0.05, 0) is 37.2 Å². The SMILES string of the molecule is CCC(C)(NC(=O)c1cc(Cl)c(N)c(/C=N/OC)c1)C(=O)CSC#N. The van der Waals surface area contributed by atoms with Gasteiger partial charge in [-0.3, -0.25) is 9.59 Å². The smallest absolute Gasteiger partial charge is 0.252 e. The van der Waals surface area contributed by atoms with Crippen molar-refractivity contribution in [2.75, 3.05) is 18.6 Å². The van der Waals surface area contributed by atoms with E-state index in [1.165, 1.54) is 25.5 Å². The normalized spacial score (nSPS) is 13.1. The summed E-state index contributed by atoms with van der Waals surface area (Å²) in [4.78, 5) is 29.5. The maximum absolute atomic E-state index is 12.6. The Morgan fingerprint density at radius 1 is 1.56 bits per heavy atom. The van der Waals surface area contributed by atoms with Gasteiger partial charge in [0.2, 0.25) is 0 Å². The van der Waals surface area contributed by atoms with Crippen LogP contribution in [0.4, 0.5) is 5.69 Å².